The number of rotatable bonds is 5. The van der Waals surface area contributed by atoms with E-state index in [1.807, 2.05) is 0 Å². The summed E-state index contributed by atoms with van der Waals surface area (Å²) in [6.07, 6.45) is 9.45. The Morgan fingerprint density at radius 2 is 1.95 bits per heavy atom. The van der Waals surface area contributed by atoms with E-state index in [2.05, 4.69) is 22.5 Å². The van der Waals surface area contributed by atoms with Gasteiger partial charge in [-0.3, -0.25) is 4.79 Å². The van der Waals surface area contributed by atoms with Gasteiger partial charge in [0.2, 0.25) is 0 Å². The lowest BCUT2D eigenvalue weighted by Crippen LogP contribution is -2.35. The third-order valence-electron chi connectivity index (χ3n) is 3.83. The van der Waals surface area contributed by atoms with Crippen LogP contribution in [-0.2, 0) is 0 Å². The SMILES string of the molecule is CCCNc1nc(N)c(C(=O)NC2CCCCCCC2)s1. The molecule has 6 heteroatoms. The first-order chi connectivity index (χ1) is 10.2. The van der Waals surface area contributed by atoms with Crippen molar-refractivity contribution in [2.45, 2.75) is 64.3 Å². The summed E-state index contributed by atoms with van der Waals surface area (Å²) in [7, 11) is 0. The van der Waals surface area contributed by atoms with E-state index in [1.165, 1.54) is 43.4 Å². The molecule has 21 heavy (non-hydrogen) atoms. The molecule has 0 spiro atoms. The van der Waals surface area contributed by atoms with Crippen molar-refractivity contribution in [1.29, 1.82) is 0 Å². The number of amides is 1. The van der Waals surface area contributed by atoms with Crippen molar-refractivity contribution in [2.24, 2.45) is 0 Å². The van der Waals surface area contributed by atoms with Crippen molar-refractivity contribution in [3.05, 3.63) is 4.88 Å². The van der Waals surface area contributed by atoms with Crippen LogP contribution in [0.4, 0.5) is 10.9 Å². The van der Waals surface area contributed by atoms with Gasteiger partial charge in [0.15, 0.2) is 5.13 Å². The number of thiazole rings is 1. The highest BCUT2D eigenvalue weighted by Crippen LogP contribution is 2.25. The number of aromatic nitrogens is 1. The molecule has 0 aliphatic heterocycles. The largest absolute Gasteiger partial charge is 0.382 e. The Labute approximate surface area is 130 Å². The normalized spacial score (nSPS) is 17.0. The van der Waals surface area contributed by atoms with Crippen LogP contribution in [0.25, 0.3) is 0 Å². The molecule has 1 aromatic rings. The quantitative estimate of drug-likeness (QED) is 0.779. The molecule has 0 radical (unpaired) electrons. The Bertz CT molecular complexity index is 453. The van der Waals surface area contributed by atoms with Crippen molar-refractivity contribution in [3.8, 4) is 0 Å². The molecule has 4 N–H and O–H groups in total. The van der Waals surface area contributed by atoms with Gasteiger partial charge in [0, 0.05) is 12.6 Å². The third kappa shape index (κ3) is 4.88. The van der Waals surface area contributed by atoms with Gasteiger partial charge in [0.25, 0.3) is 5.91 Å². The Morgan fingerprint density at radius 3 is 2.62 bits per heavy atom. The number of hydrogen-bond donors (Lipinski definition) is 3. The van der Waals surface area contributed by atoms with Gasteiger partial charge in [-0.05, 0) is 19.3 Å². The molecule has 1 aliphatic rings. The summed E-state index contributed by atoms with van der Waals surface area (Å²) in [6, 6.07) is 0.284. The third-order valence-corrected chi connectivity index (χ3v) is 4.85. The summed E-state index contributed by atoms with van der Waals surface area (Å²) in [5, 5.41) is 7.05. The summed E-state index contributed by atoms with van der Waals surface area (Å²) in [5.74, 6) is 0.266. The van der Waals surface area contributed by atoms with Crippen LogP contribution in [0, 0.1) is 0 Å². The zero-order valence-electron chi connectivity index (χ0n) is 12.8. The molecule has 5 nitrogen and oxygen atoms in total. The Morgan fingerprint density at radius 1 is 1.29 bits per heavy atom. The predicted octanol–water partition coefficient (Wildman–Crippen LogP) is 3.39. The van der Waals surface area contributed by atoms with E-state index in [4.69, 9.17) is 5.73 Å². The number of hydrogen-bond acceptors (Lipinski definition) is 5. The summed E-state index contributed by atoms with van der Waals surface area (Å²) >= 11 is 1.35. The fourth-order valence-corrected chi connectivity index (χ4v) is 3.47. The predicted molar refractivity (Wildman–Crippen MR) is 88.9 cm³/mol. The van der Waals surface area contributed by atoms with Crippen LogP contribution in [-0.4, -0.2) is 23.5 Å². The van der Waals surface area contributed by atoms with Crippen LogP contribution in [0.3, 0.4) is 0 Å². The maximum Gasteiger partial charge on any atom is 0.265 e. The smallest absolute Gasteiger partial charge is 0.265 e. The molecule has 1 aromatic heterocycles. The van der Waals surface area contributed by atoms with E-state index in [-0.39, 0.29) is 11.9 Å². The fraction of sp³-hybridized carbons (Fsp3) is 0.733. The molecule has 1 aliphatic carbocycles. The van der Waals surface area contributed by atoms with Gasteiger partial charge in [0.1, 0.15) is 10.7 Å². The zero-order valence-corrected chi connectivity index (χ0v) is 13.6. The molecule has 2 rings (SSSR count). The van der Waals surface area contributed by atoms with Crippen molar-refractivity contribution in [2.75, 3.05) is 17.6 Å². The van der Waals surface area contributed by atoms with E-state index >= 15 is 0 Å². The second-order valence-corrected chi connectivity index (χ2v) is 6.67. The van der Waals surface area contributed by atoms with E-state index in [1.54, 1.807) is 0 Å². The molecule has 118 valence electrons. The zero-order chi connectivity index (χ0) is 15.1. The van der Waals surface area contributed by atoms with E-state index in [9.17, 15) is 4.79 Å². The van der Waals surface area contributed by atoms with Gasteiger partial charge < -0.3 is 16.4 Å². The van der Waals surface area contributed by atoms with Gasteiger partial charge in [0.05, 0.1) is 0 Å². The monoisotopic (exact) mass is 310 g/mol. The van der Waals surface area contributed by atoms with Gasteiger partial charge in [-0.25, -0.2) is 4.98 Å². The molecule has 0 saturated heterocycles. The van der Waals surface area contributed by atoms with Crippen LogP contribution in [0.2, 0.25) is 0 Å². The molecular formula is C15H26N4OS. The highest BCUT2D eigenvalue weighted by Gasteiger charge is 2.20. The number of carbonyl (C=O) groups is 1. The van der Waals surface area contributed by atoms with E-state index < -0.39 is 0 Å². The lowest BCUT2D eigenvalue weighted by molar-refractivity contribution is 0.0935. The Balaban J connectivity index is 1.93. The molecular weight excluding hydrogens is 284 g/mol. The van der Waals surface area contributed by atoms with Gasteiger partial charge >= 0.3 is 0 Å². The van der Waals surface area contributed by atoms with Crippen LogP contribution < -0.4 is 16.4 Å². The van der Waals surface area contributed by atoms with Gasteiger partial charge in [-0.1, -0.05) is 50.4 Å². The number of nitrogens with two attached hydrogens (primary N) is 1. The number of anilines is 2. The highest BCUT2D eigenvalue weighted by atomic mass is 32.1. The standard InChI is InChI=1S/C15H26N4OS/c1-2-10-17-15-19-13(16)12(21-15)14(20)18-11-8-6-4-3-5-7-9-11/h11H,2-10,16H2,1H3,(H,17,19)(H,18,20). The highest BCUT2D eigenvalue weighted by molar-refractivity contribution is 7.18. The van der Waals surface area contributed by atoms with Crippen molar-refractivity contribution < 1.29 is 4.79 Å². The lowest BCUT2D eigenvalue weighted by atomic mass is 9.97. The topological polar surface area (TPSA) is 80.0 Å². The minimum atomic E-state index is -0.0693. The molecule has 1 heterocycles. The molecule has 0 aromatic carbocycles. The van der Waals surface area contributed by atoms with Crippen LogP contribution >= 0.6 is 11.3 Å². The summed E-state index contributed by atoms with van der Waals surface area (Å²) < 4.78 is 0. The molecule has 0 bridgehead atoms. The fourth-order valence-electron chi connectivity index (χ4n) is 2.65. The Hall–Kier alpha value is -1.30. The molecule has 1 fully saturated rings. The van der Waals surface area contributed by atoms with Crippen molar-refractivity contribution in [3.63, 3.8) is 0 Å². The maximum absolute atomic E-state index is 12.4. The average Bonchev–Trinajstić information content (AvgIpc) is 2.80. The number of nitrogens with zero attached hydrogens (tertiary/aromatic N) is 1. The van der Waals surface area contributed by atoms with Crippen molar-refractivity contribution >= 4 is 28.2 Å². The summed E-state index contributed by atoms with van der Waals surface area (Å²) in [5.41, 5.74) is 5.87. The Kier molecular flexibility index (Phi) is 6.29. The minimum absolute atomic E-state index is 0.0693. The molecule has 1 saturated carbocycles. The van der Waals surface area contributed by atoms with Crippen LogP contribution in [0.1, 0.15) is 68.0 Å². The molecule has 0 unspecified atom stereocenters. The number of carbonyl (C=O) groups excluding carboxylic acids is 1. The van der Waals surface area contributed by atoms with Crippen LogP contribution in [0.15, 0.2) is 0 Å². The average molecular weight is 310 g/mol. The second-order valence-electron chi connectivity index (χ2n) is 5.68. The van der Waals surface area contributed by atoms with Crippen molar-refractivity contribution in [1.82, 2.24) is 10.3 Å². The van der Waals surface area contributed by atoms with Crippen LogP contribution in [0.5, 0.6) is 0 Å². The molecule has 1 amide bonds. The lowest BCUT2D eigenvalue weighted by Gasteiger charge is -2.20. The first kappa shape index (κ1) is 16.1. The minimum Gasteiger partial charge on any atom is -0.382 e. The maximum atomic E-state index is 12.4. The summed E-state index contributed by atoms with van der Waals surface area (Å²) in [6.45, 7) is 2.93. The van der Waals surface area contributed by atoms with Gasteiger partial charge in [-0.2, -0.15) is 0 Å². The number of nitrogen functional groups attached to an aromatic ring is 1. The van der Waals surface area contributed by atoms with E-state index in [0.717, 1.165) is 30.9 Å². The molecule has 0 atom stereocenters. The summed E-state index contributed by atoms with van der Waals surface area (Å²) in [4.78, 5) is 17.1. The van der Waals surface area contributed by atoms with E-state index in [0.29, 0.717) is 10.7 Å². The first-order valence-corrected chi connectivity index (χ1v) is 8.83. The first-order valence-electron chi connectivity index (χ1n) is 8.01. The van der Waals surface area contributed by atoms with Gasteiger partial charge in [-0.15, -0.1) is 0 Å². The number of nitrogens with one attached hydrogen (secondary N) is 2. The second kappa shape index (κ2) is 8.22.